The Labute approximate surface area is 141 Å². The highest BCUT2D eigenvalue weighted by Gasteiger charge is 2.09. The summed E-state index contributed by atoms with van der Waals surface area (Å²) in [5.41, 5.74) is 0.448. The minimum atomic E-state index is -0.540. The number of anilines is 2. The molecule has 0 aliphatic carbocycles. The number of amides is 1. The van der Waals surface area contributed by atoms with E-state index in [1.165, 1.54) is 6.20 Å². The molecule has 0 saturated carbocycles. The second kappa shape index (κ2) is 7.91. The zero-order valence-electron chi connectivity index (χ0n) is 12.1. The van der Waals surface area contributed by atoms with Crippen LogP contribution in [0.25, 0.3) is 0 Å². The third-order valence-corrected chi connectivity index (χ3v) is 3.09. The van der Waals surface area contributed by atoms with Crippen LogP contribution in [-0.2, 0) is 4.79 Å². The Bertz CT molecular complexity index is 751. The van der Waals surface area contributed by atoms with Crippen LogP contribution in [-0.4, -0.2) is 23.0 Å². The lowest BCUT2D eigenvalue weighted by molar-refractivity contribution is -0.112. The topological polar surface area (TPSA) is 99.9 Å². The van der Waals surface area contributed by atoms with Crippen LogP contribution in [0, 0.1) is 11.3 Å². The molecule has 2 aromatic rings. The van der Waals surface area contributed by atoms with Crippen LogP contribution in [0.3, 0.4) is 0 Å². The maximum atomic E-state index is 12.1. The number of nitrogens with one attached hydrogen (secondary N) is 2. The van der Waals surface area contributed by atoms with Crippen LogP contribution < -0.4 is 15.4 Å². The fourth-order valence-corrected chi connectivity index (χ4v) is 1.75. The normalized spacial score (nSPS) is 10.6. The fourth-order valence-electron chi connectivity index (χ4n) is 1.54. The molecule has 7 nitrogen and oxygen atoms in total. The van der Waals surface area contributed by atoms with Gasteiger partial charge in [-0.1, -0.05) is 0 Å². The number of methoxy groups -OCH3 is 1. The molecule has 116 valence electrons. The van der Waals surface area contributed by atoms with Crippen molar-refractivity contribution in [3.63, 3.8) is 0 Å². The third-order valence-electron chi connectivity index (χ3n) is 2.68. The van der Waals surface area contributed by atoms with Crippen molar-refractivity contribution in [2.24, 2.45) is 0 Å². The van der Waals surface area contributed by atoms with E-state index in [9.17, 15) is 4.79 Å². The summed E-state index contributed by atoms with van der Waals surface area (Å²) in [5.74, 6) is 0.411. The lowest BCUT2D eigenvalue weighted by Crippen LogP contribution is -2.14. The lowest BCUT2D eigenvalue weighted by atomic mass is 10.2. The zero-order valence-corrected chi connectivity index (χ0v) is 13.7. The van der Waals surface area contributed by atoms with Crippen LogP contribution in [0.5, 0.6) is 5.75 Å². The maximum Gasteiger partial charge on any atom is 0.267 e. The van der Waals surface area contributed by atoms with Crippen LogP contribution in [0.4, 0.5) is 11.6 Å². The van der Waals surface area contributed by atoms with Crippen molar-refractivity contribution in [3.8, 4) is 11.8 Å². The Balaban J connectivity index is 2.03. The first-order valence-corrected chi connectivity index (χ1v) is 7.21. The van der Waals surface area contributed by atoms with Crippen molar-refractivity contribution >= 4 is 33.5 Å². The molecular formula is C15H12BrN5O2. The van der Waals surface area contributed by atoms with Crippen molar-refractivity contribution < 1.29 is 9.53 Å². The number of carbonyl (C=O) groups excluding carboxylic acids is 1. The Morgan fingerprint density at radius 3 is 2.52 bits per heavy atom. The highest BCUT2D eigenvalue weighted by Crippen LogP contribution is 2.15. The molecule has 0 unspecified atom stereocenters. The van der Waals surface area contributed by atoms with E-state index in [1.807, 2.05) is 6.07 Å². The molecule has 0 radical (unpaired) electrons. The summed E-state index contributed by atoms with van der Waals surface area (Å²) in [7, 11) is 1.56. The van der Waals surface area contributed by atoms with Gasteiger partial charge in [0.05, 0.1) is 11.6 Å². The number of benzene rings is 1. The second-order valence-corrected chi connectivity index (χ2v) is 5.14. The highest BCUT2D eigenvalue weighted by atomic mass is 79.9. The van der Waals surface area contributed by atoms with Gasteiger partial charge in [0.25, 0.3) is 5.91 Å². The van der Waals surface area contributed by atoms with Crippen molar-refractivity contribution in [2.75, 3.05) is 17.7 Å². The fraction of sp³-hybridized carbons (Fsp3) is 0.0667. The Morgan fingerprint density at radius 2 is 1.96 bits per heavy atom. The molecule has 0 atom stereocenters. The predicted molar refractivity (Wildman–Crippen MR) is 88.7 cm³/mol. The molecular weight excluding hydrogens is 362 g/mol. The van der Waals surface area contributed by atoms with Crippen molar-refractivity contribution in [1.29, 1.82) is 5.26 Å². The largest absolute Gasteiger partial charge is 0.497 e. The zero-order chi connectivity index (χ0) is 16.7. The molecule has 1 amide bonds. The number of halogens is 1. The summed E-state index contributed by atoms with van der Waals surface area (Å²) in [6.45, 7) is 0. The van der Waals surface area contributed by atoms with Gasteiger partial charge in [-0.15, -0.1) is 0 Å². The molecule has 1 heterocycles. The van der Waals surface area contributed by atoms with Crippen LogP contribution in [0.1, 0.15) is 0 Å². The molecule has 2 rings (SSSR count). The van der Waals surface area contributed by atoms with Crippen molar-refractivity contribution in [3.05, 3.63) is 52.9 Å². The second-order valence-electron chi connectivity index (χ2n) is 4.22. The number of ether oxygens (including phenoxy) is 1. The van der Waals surface area contributed by atoms with E-state index in [1.54, 1.807) is 43.8 Å². The Hall–Kier alpha value is -2.92. The third kappa shape index (κ3) is 4.79. The number of hydrogen-bond acceptors (Lipinski definition) is 6. The molecule has 2 N–H and O–H groups in total. The molecule has 0 aliphatic heterocycles. The van der Waals surface area contributed by atoms with Gasteiger partial charge in [0.2, 0.25) is 5.95 Å². The first kappa shape index (κ1) is 16.5. The van der Waals surface area contributed by atoms with Gasteiger partial charge in [-0.3, -0.25) is 4.79 Å². The molecule has 1 aromatic carbocycles. The van der Waals surface area contributed by atoms with Crippen LogP contribution >= 0.6 is 15.9 Å². The SMILES string of the molecule is COc1ccc(NC(=O)/C(C#N)=C\Nc2ncc(Br)cn2)cc1. The minimum absolute atomic E-state index is 0.104. The van der Waals surface area contributed by atoms with E-state index in [0.29, 0.717) is 11.4 Å². The van der Waals surface area contributed by atoms with E-state index in [0.717, 1.165) is 4.47 Å². The van der Waals surface area contributed by atoms with E-state index in [-0.39, 0.29) is 11.5 Å². The average Bonchev–Trinajstić information content (AvgIpc) is 2.58. The molecule has 0 fully saturated rings. The molecule has 0 aliphatic rings. The number of carbonyl (C=O) groups is 1. The standard InChI is InChI=1S/C15H12BrN5O2/c1-23-13-4-2-12(3-5-13)21-14(22)10(6-17)7-18-15-19-8-11(16)9-20-15/h2-5,7-9H,1H3,(H,21,22)(H,18,19,20)/b10-7-. The number of aromatic nitrogens is 2. The molecule has 8 heteroatoms. The summed E-state index contributed by atoms with van der Waals surface area (Å²) in [4.78, 5) is 20.0. The van der Waals surface area contributed by atoms with Gasteiger partial charge in [0.15, 0.2) is 0 Å². The predicted octanol–water partition coefficient (Wildman–Crippen LogP) is 2.71. The van der Waals surface area contributed by atoms with Gasteiger partial charge in [-0.25, -0.2) is 9.97 Å². The van der Waals surface area contributed by atoms with Crippen LogP contribution in [0.15, 0.2) is 52.9 Å². The Kier molecular flexibility index (Phi) is 5.66. The molecule has 23 heavy (non-hydrogen) atoms. The number of rotatable bonds is 5. The monoisotopic (exact) mass is 373 g/mol. The Morgan fingerprint density at radius 1 is 1.30 bits per heavy atom. The lowest BCUT2D eigenvalue weighted by Gasteiger charge is -2.06. The number of nitrogens with zero attached hydrogens (tertiary/aromatic N) is 3. The minimum Gasteiger partial charge on any atom is -0.497 e. The van der Waals surface area contributed by atoms with E-state index >= 15 is 0 Å². The highest BCUT2D eigenvalue weighted by molar-refractivity contribution is 9.10. The summed E-state index contributed by atoms with van der Waals surface area (Å²) < 4.78 is 5.76. The summed E-state index contributed by atoms with van der Waals surface area (Å²) in [5, 5.41) is 14.4. The van der Waals surface area contributed by atoms with E-state index in [2.05, 4.69) is 36.5 Å². The van der Waals surface area contributed by atoms with E-state index in [4.69, 9.17) is 10.00 Å². The van der Waals surface area contributed by atoms with Gasteiger partial charge in [-0.2, -0.15) is 5.26 Å². The summed E-state index contributed by atoms with van der Waals surface area (Å²) in [6, 6.07) is 8.59. The van der Waals surface area contributed by atoms with Crippen molar-refractivity contribution in [1.82, 2.24) is 9.97 Å². The summed E-state index contributed by atoms with van der Waals surface area (Å²) in [6.07, 6.45) is 4.35. The smallest absolute Gasteiger partial charge is 0.267 e. The molecule has 0 spiro atoms. The first-order chi connectivity index (χ1) is 11.1. The van der Waals surface area contributed by atoms with Crippen LogP contribution in [0.2, 0.25) is 0 Å². The van der Waals surface area contributed by atoms with Gasteiger partial charge < -0.3 is 15.4 Å². The van der Waals surface area contributed by atoms with E-state index < -0.39 is 5.91 Å². The molecule has 0 saturated heterocycles. The van der Waals surface area contributed by atoms with Gasteiger partial charge in [0.1, 0.15) is 17.4 Å². The maximum absolute atomic E-state index is 12.1. The quantitative estimate of drug-likeness (QED) is 0.617. The van der Waals surface area contributed by atoms with Gasteiger partial charge >= 0.3 is 0 Å². The van der Waals surface area contributed by atoms with Gasteiger partial charge in [-0.05, 0) is 40.2 Å². The summed E-state index contributed by atoms with van der Waals surface area (Å²) >= 11 is 3.22. The average molecular weight is 374 g/mol. The van der Waals surface area contributed by atoms with Crippen molar-refractivity contribution in [2.45, 2.75) is 0 Å². The first-order valence-electron chi connectivity index (χ1n) is 6.42. The molecule has 1 aromatic heterocycles. The molecule has 0 bridgehead atoms. The number of nitriles is 1. The van der Waals surface area contributed by atoms with Gasteiger partial charge in [0, 0.05) is 24.3 Å². The number of hydrogen-bond donors (Lipinski definition) is 2.